The van der Waals surface area contributed by atoms with Crippen LogP contribution in [0.25, 0.3) is 0 Å². The third kappa shape index (κ3) is 3.54. The fourth-order valence-corrected chi connectivity index (χ4v) is 2.16. The summed E-state index contributed by atoms with van der Waals surface area (Å²) in [5.74, 6) is 0. The number of likely N-dealkylation sites (tertiary alicyclic amines) is 1. The van der Waals surface area contributed by atoms with Crippen molar-refractivity contribution in [3.63, 3.8) is 0 Å². The number of nitrogens with zero attached hydrogens (tertiary/aromatic N) is 1. The van der Waals surface area contributed by atoms with Crippen molar-refractivity contribution in [1.29, 1.82) is 0 Å². The van der Waals surface area contributed by atoms with Crippen LogP contribution in [0.3, 0.4) is 0 Å². The van der Waals surface area contributed by atoms with Gasteiger partial charge in [0.05, 0.1) is 0 Å². The van der Waals surface area contributed by atoms with Crippen molar-refractivity contribution in [2.24, 2.45) is 0 Å². The van der Waals surface area contributed by atoms with Crippen LogP contribution in [0.4, 0.5) is 4.79 Å². The van der Waals surface area contributed by atoms with Crippen LogP contribution in [0, 0.1) is 0 Å². The van der Waals surface area contributed by atoms with Gasteiger partial charge in [-0.2, -0.15) is 0 Å². The molecule has 0 aromatic rings. The SMILES string of the molecule is Cl.O=C(N[C@@H]1CCCNC1)N1CCCC1. The quantitative estimate of drug-likeness (QED) is 0.709. The molecule has 2 fully saturated rings. The zero-order valence-corrected chi connectivity index (χ0v) is 9.81. The highest BCUT2D eigenvalue weighted by Crippen LogP contribution is 2.08. The summed E-state index contributed by atoms with van der Waals surface area (Å²) in [6.45, 7) is 3.90. The molecule has 0 aromatic heterocycles. The van der Waals surface area contributed by atoms with Gasteiger partial charge in [-0.15, -0.1) is 12.4 Å². The van der Waals surface area contributed by atoms with Crippen molar-refractivity contribution in [3.8, 4) is 0 Å². The highest BCUT2D eigenvalue weighted by Gasteiger charge is 2.21. The summed E-state index contributed by atoms with van der Waals surface area (Å²) in [6, 6.07) is 0.480. The standard InChI is InChI=1S/C10H19N3O.ClH/c14-10(13-6-1-2-7-13)12-9-4-3-5-11-8-9;/h9,11H,1-8H2,(H,12,14);1H/t9-;/m1./s1. The molecule has 5 heteroatoms. The summed E-state index contributed by atoms with van der Waals surface area (Å²) < 4.78 is 0. The minimum absolute atomic E-state index is 0. The molecule has 0 aromatic carbocycles. The van der Waals surface area contributed by atoms with Crippen molar-refractivity contribution in [2.75, 3.05) is 26.2 Å². The third-order valence-electron chi connectivity index (χ3n) is 3.02. The van der Waals surface area contributed by atoms with Crippen molar-refractivity contribution in [1.82, 2.24) is 15.5 Å². The van der Waals surface area contributed by atoms with Crippen LogP contribution in [0.5, 0.6) is 0 Å². The first-order valence-corrected chi connectivity index (χ1v) is 5.62. The van der Waals surface area contributed by atoms with Gasteiger partial charge < -0.3 is 15.5 Å². The Morgan fingerprint density at radius 3 is 2.60 bits per heavy atom. The van der Waals surface area contributed by atoms with E-state index >= 15 is 0 Å². The number of rotatable bonds is 1. The van der Waals surface area contributed by atoms with Gasteiger partial charge in [-0.25, -0.2) is 4.79 Å². The van der Waals surface area contributed by atoms with Gasteiger partial charge in [0.1, 0.15) is 0 Å². The number of nitrogens with one attached hydrogen (secondary N) is 2. The van der Waals surface area contributed by atoms with E-state index in [1.54, 1.807) is 0 Å². The number of hydrogen-bond acceptors (Lipinski definition) is 2. The Hall–Kier alpha value is -0.480. The summed E-state index contributed by atoms with van der Waals surface area (Å²) >= 11 is 0. The topological polar surface area (TPSA) is 44.4 Å². The van der Waals surface area contributed by atoms with Gasteiger partial charge in [-0.1, -0.05) is 0 Å². The number of urea groups is 1. The Morgan fingerprint density at radius 1 is 1.27 bits per heavy atom. The lowest BCUT2D eigenvalue weighted by Gasteiger charge is -2.26. The second-order valence-corrected chi connectivity index (χ2v) is 4.19. The minimum atomic E-state index is 0. The van der Waals surface area contributed by atoms with Crippen molar-refractivity contribution in [2.45, 2.75) is 31.7 Å². The average molecular weight is 234 g/mol. The molecule has 2 amide bonds. The van der Waals surface area contributed by atoms with Crippen molar-refractivity contribution >= 4 is 18.4 Å². The van der Waals surface area contributed by atoms with E-state index in [2.05, 4.69) is 10.6 Å². The highest BCUT2D eigenvalue weighted by molar-refractivity contribution is 5.85. The lowest BCUT2D eigenvalue weighted by atomic mass is 10.1. The summed E-state index contributed by atoms with van der Waals surface area (Å²) in [4.78, 5) is 13.6. The Kier molecular flexibility index (Phi) is 5.19. The lowest BCUT2D eigenvalue weighted by molar-refractivity contribution is 0.201. The maximum atomic E-state index is 11.7. The van der Waals surface area contributed by atoms with Crippen LogP contribution < -0.4 is 10.6 Å². The van der Waals surface area contributed by atoms with Crippen LogP contribution in [-0.2, 0) is 0 Å². The van der Waals surface area contributed by atoms with Gasteiger partial charge in [-0.05, 0) is 32.2 Å². The number of hydrogen-bond donors (Lipinski definition) is 2. The van der Waals surface area contributed by atoms with E-state index in [-0.39, 0.29) is 18.4 Å². The molecule has 88 valence electrons. The maximum Gasteiger partial charge on any atom is 0.317 e. The minimum Gasteiger partial charge on any atom is -0.334 e. The second-order valence-electron chi connectivity index (χ2n) is 4.19. The highest BCUT2D eigenvalue weighted by atomic mass is 35.5. The zero-order chi connectivity index (χ0) is 9.80. The number of carbonyl (C=O) groups excluding carboxylic acids is 1. The van der Waals surface area contributed by atoms with Crippen LogP contribution in [-0.4, -0.2) is 43.2 Å². The molecule has 2 heterocycles. The molecule has 0 saturated carbocycles. The molecule has 0 aliphatic carbocycles. The Bertz CT molecular complexity index is 201. The largest absolute Gasteiger partial charge is 0.334 e. The van der Waals surface area contributed by atoms with Crippen molar-refractivity contribution < 1.29 is 4.79 Å². The smallest absolute Gasteiger partial charge is 0.317 e. The van der Waals surface area contributed by atoms with Gasteiger partial charge in [0.15, 0.2) is 0 Å². The molecule has 1 atom stereocenters. The predicted molar refractivity (Wildman–Crippen MR) is 62.5 cm³/mol. The van der Waals surface area contributed by atoms with Gasteiger partial charge in [0.25, 0.3) is 0 Å². The number of halogens is 1. The molecule has 4 nitrogen and oxygen atoms in total. The molecule has 15 heavy (non-hydrogen) atoms. The van der Waals surface area contributed by atoms with Gasteiger partial charge >= 0.3 is 6.03 Å². The molecule has 0 bridgehead atoms. The number of amides is 2. The fraction of sp³-hybridized carbons (Fsp3) is 0.900. The molecule has 2 saturated heterocycles. The first-order chi connectivity index (χ1) is 6.86. The first kappa shape index (κ1) is 12.6. The van der Waals surface area contributed by atoms with Gasteiger partial charge in [0.2, 0.25) is 0 Å². The molecule has 0 spiro atoms. The van der Waals surface area contributed by atoms with Crippen LogP contribution in [0.1, 0.15) is 25.7 Å². The molecule has 2 N–H and O–H groups in total. The van der Waals surface area contributed by atoms with Crippen molar-refractivity contribution in [3.05, 3.63) is 0 Å². The molecule has 2 aliphatic rings. The molecule has 2 rings (SSSR count). The maximum absolute atomic E-state index is 11.7. The van der Waals surface area contributed by atoms with E-state index in [4.69, 9.17) is 0 Å². The Morgan fingerprint density at radius 2 is 2.00 bits per heavy atom. The van der Waals surface area contributed by atoms with E-state index in [0.29, 0.717) is 6.04 Å². The summed E-state index contributed by atoms with van der Waals surface area (Å²) in [7, 11) is 0. The fourth-order valence-electron chi connectivity index (χ4n) is 2.16. The summed E-state index contributed by atoms with van der Waals surface area (Å²) in [5.41, 5.74) is 0. The monoisotopic (exact) mass is 233 g/mol. The third-order valence-corrected chi connectivity index (χ3v) is 3.02. The first-order valence-electron chi connectivity index (χ1n) is 5.62. The van der Waals surface area contributed by atoms with Crippen LogP contribution in [0.15, 0.2) is 0 Å². The normalized spacial score (nSPS) is 25.9. The van der Waals surface area contributed by atoms with Crippen LogP contribution in [0.2, 0.25) is 0 Å². The van der Waals surface area contributed by atoms with Gasteiger partial charge in [-0.3, -0.25) is 0 Å². The average Bonchev–Trinajstić information content (AvgIpc) is 2.72. The Balaban J connectivity index is 0.00000112. The molecular formula is C10H20ClN3O. The Labute approximate surface area is 97.2 Å². The van der Waals surface area contributed by atoms with E-state index in [0.717, 1.165) is 45.4 Å². The van der Waals surface area contributed by atoms with E-state index in [1.807, 2.05) is 4.90 Å². The summed E-state index contributed by atoms with van der Waals surface area (Å²) in [5, 5.41) is 6.38. The molecular weight excluding hydrogens is 214 g/mol. The predicted octanol–water partition coefficient (Wildman–Crippen LogP) is 0.966. The molecule has 2 aliphatic heterocycles. The van der Waals surface area contributed by atoms with Gasteiger partial charge in [0, 0.05) is 25.7 Å². The summed E-state index contributed by atoms with van der Waals surface area (Å²) in [6.07, 6.45) is 4.62. The molecule has 0 unspecified atom stereocenters. The zero-order valence-electron chi connectivity index (χ0n) is 9.00. The van der Waals surface area contributed by atoms with E-state index < -0.39 is 0 Å². The van der Waals surface area contributed by atoms with E-state index in [9.17, 15) is 4.79 Å². The number of piperidine rings is 1. The van der Waals surface area contributed by atoms with E-state index in [1.165, 1.54) is 6.42 Å². The van der Waals surface area contributed by atoms with Crippen LogP contribution >= 0.6 is 12.4 Å². The molecule has 0 radical (unpaired) electrons. The second kappa shape index (κ2) is 6.18. The lowest BCUT2D eigenvalue weighted by Crippen LogP contribution is -2.49. The number of carbonyl (C=O) groups is 1.